The van der Waals surface area contributed by atoms with Crippen LogP contribution in [0.2, 0.25) is 0 Å². The monoisotopic (exact) mass is 299 g/mol. The molecule has 0 fully saturated rings. The number of nitrogens with zero attached hydrogens (tertiary/aromatic N) is 2. The minimum absolute atomic E-state index is 0.490. The minimum Gasteiger partial charge on any atom is -0.475 e. The first-order valence-electron chi connectivity index (χ1n) is 7.01. The van der Waals surface area contributed by atoms with Crippen molar-refractivity contribution in [3.63, 3.8) is 0 Å². The van der Waals surface area contributed by atoms with Gasteiger partial charge in [0.05, 0.1) is 6.61 Å². The molecule has 0 aliphatic heterocycles. The summed E-state index contributed by atoms with van der Waals surface area (Å²) < 4.78 is 15.9. The SMILES string of the molecule is COCCOc1ccc(CNc2nc3ccccc3o2)cn1. The number of hydrogen-bond donors (Lipinski definition) is 1. The van der Waals surface area contributed by atoms with Crippen molar-refractivity contribution in [3.05, 3.63) is 48.2 Å². The first kappa shape index (κ1) is 14.3. The van der Waals surface area contributed by atoms with Gasteiger partial charge in [-0.2, -0.15) is 4.98 Å². The van der Waals surface area contributed by atoms with Crippen LogP contribution < -0.4 is 10.1 Å². The molecule has 0 aliphatic rings. The Kier molecular flexibility index (Phi) is 4.50. The fraction of sp³-hybridized carbons (Fsp3) is 0.250. The summed E-state index contributed by atoms with van der Waals surface area (Å²) in [5, 5.41) is 3.14. The Labute approximate surface area is 128 Å². The molecule has 0 spiro atoms. The van der Waals surface area contributed by atoms with E-state index in [4.69, 9.17) is 13.9 Å². The summed E-state index contributed by atoms with van der Waals surface area (Å²) in [6, 6.07) is 11.9. The fourth-order valence-corrected chi connectivity index (χ4v) is 1.96. The Morgan fingerprint density at radius 2 is 2.05 bits per heavy atom. The number of fused-ring (bicyclic) bond motifs is 1. The number of anilines is 1. The number of nitrogens with one attached hydrogen (secondary N) is 1. The molecule has 2 heterocycles. The number of aromatic nitrogens is 2. The molecule has 0 atom stereocenters. The van der Waals surface area contributed by atoms with Gasteiger partial charge in [-0.15, -0.1) is 0 Å². The van der Waals surface area contributed by atoms with Crippen LogP contribution in [0.25, 0.3) is 11.1 Å². The van der Waals surface area contributed by atoms with Gasteiger partial charge in [0.1, 0.15) is 12.1 Å². The van der Waals surface area contributed by atoms with Crippen molar-refractivity contribution in [2.24, 2.45) is 0 Å². The second kappa shape index (κ2) is 6.91. The van der Waals surface area contributed by atoms with Crippen LogP contribution in [-0.2, 0) is 11.3 Å². The number of oxazole rings is 1. The number of para-hydroxylation sites is 2. The molecule has 0 bridgehead atoms. The molecular formula is C16H17N3O3. The number of methoxy groups -OCH3 is 1. The Bertz CT molecular complexity index is 692. The molecule has 0 unspecified atom stereocenters. The molecule has 2 aromatic heterocycles. The van der Waals surface area contributed by atoms with Gasteiger partial charge in [-0.25, -0.2) is 4.98 Å². The molecule has 0 amide bonds. The smallest absolute Gasteiger partial charge is 0.295 e. The number of hydrogen-bond acceptors (Lipinski definition) is 6. The van der Waals surface area contributed by atoms with Crippen molar-refractivity contribution >= 4 is 17.1 Å². The summed E-state index contributed by atoms with van der Waals surface area (Å²) in [5.41, 5.74) is 2.62. The van der Waals surface area contributed by atoms with Crippen molar-refractivity contribution in [3.8, 4) is 5.88 Å². The van der Waals surface area contributed by atoms with E-state index in [0.717, 1.165) is 16.7 Å². The molecule has 0 saturated carbocycles. The molecule has 6 nitrogen and oxygen atoms in total. The molecule has 114 valence electrons. The van der Waals surface area contributed by atoms with Crippen LogP contribution in [-0.4, -0.2) is 30.3 Å². The molecule has 6 heteroatoms. The summed E-state index contributed by atoms with van der Waals surface area (Å²) in [6.45, 7) is 1.62. The molecule has 3 rings (SSSR count). The molecule has 0 aliphatic carbocycles. The van der Waals surface area contributed by atoms with Crippen molar-refractivity contribution in [1.82, 2.24) is 9.97 Å². The van der Waals surface area contributed by atoms with Crippen molar-refractivity contribution < 1.29 is 13.9 Å². The molecule has 0 saturated heterocycles. The molecule has 1 N–H and O–H groups in total. The maximum atomic E-state index is 5.60. The van der Waals surface area contributed by atoms with Crippen LogP contribution in [0.5, 0.6) is 5.88 Å². The van der Waals surface area contributed by atoms with Crippen LogP contribution in [0.15, 0.2) is 47.0 Å². The largest absolute Gasteiger partial charge is 0.475 e. The topological polar surface area (TPSA) is 69.4 Å². The van der Waals surface area contributed by atoms with Crippen molar-refractivity contribution in [1.29, 1.82) is 0 Å². The van der Waals surface area contributed by atoms with Gasteiger partial charge >= 0.3 is 0 Å². The van der Waals surface area contributed by atoms with Gasteiger partial charge in [-0.05, 0) is 17.7 Å². The highest BCUT2D eigenvalue weighted by molar-refractivity contribution is 5.74. The Morgan fingerprint density at radius 1 is 1.14 bits per heavy atom. The fourth-order valence-electron chi connectivity index (χ4n) is 1.96. The third kappa shape index (κ3) is 3.53. The first-order valence-corrected chi connectivity index (χ1v) is 7.01. The summed E-state index contributed by atoms with van der Waals surface area (Å²) >= 11 is 0. The highest BCUT2D eigenvalue weighted by Gasteiger charge is 2.04. The zero-order valence-corrected chi connectivity index (χ0v) is 12.3. The van der Waals surface area contributed by atoms with E-state index in [9.17, 15) is 0 Å². The summed E-state index contributed by atoms with van der Waals surface area (Å²) in [6.07, 6.45) is 1.76. The van der Waals surface area contributed by atoms with Gasteiger partial charge in [-0.3, -0.25) is 0 Å². The third-order valence-electron chi connectivity index (χ3n) is 3.07. The van der Waals surface area contributed by atoms with E-state index < -0.39 is 0 Å². The number of rotatable bonds is 7. The zero-order chi connectivity index (χ0) is 15.2. The molecule has 3 aromatic rings. The van der Waals surface area contributed by atoms with Crippen molar-refractivity contribution in [2.45, 2.75) is 6.54 Å². The lowest BCUT2D eigenvalue weighted by atomic mass is 10.3. The lowest BCUT2D eigenvalue weighted by Crippen LogP contribution is -2.06. The second-order valence-corrected chi connectivity index (χ2v) is 4.69. The van der Waals surface area contributed by atoms with E-state index in [1.807, 2.05) is 36.4 Å². The van der Waals surface area contributed by atoms with Crippen LogP contribution in [0.3, 0.4) is 0 Å². The highest BCUT2D eigenvalue weighted by Crippen LogP contribution is 2.18. The lowest BCUT2D eigenvalue weighted by Gasteiger charge is -2.05. The first-order chi connectivity index (χ1) is 10.8. The average molecular weight is 299 g/mol. The third-order valence-corrected chi connectivity index (χ3v) is 3.07. The van der Waals surface area contributed by atoms with Gasteiger partial charge in [0.15, 0.2) is 5.58 Å². The summed E-state index contributed by atoms with van der Waals surface area (Å²) in [4.78, 5) is 8.60. The van der Waals surface area contributed by atoms with E-state index in [-0.39, 0.29) is 0 Å². The summed E-state index contributed by atoms with van der Waals surface area (Å²) in [7, 11) is 1.64. The van der Waals surface area contributed by atoms with Crippen LogP contribution in [0, 0.1) is 0 Å². The number of benzene rings is 1. The second-order valence-electron chi connectivity index (χ2n) is 4.69. The molecule has 1 aromatic carbocycles. The van der Waals surface area contributed by atoms with Gasteiger partial charge in [0, 0.05) is 25.9 Å². The van der Waals surface area contributed by atoms with E-state index in [1.165, 1.54) is 0 Å². The maximum Gasteiger partial charge on any atom is 0.295 e. The van der Waals surface area contributed by atoms with Crippen LogP contribution in [0.4, 0.5) is 6.01 Å². The van der Waals surface area contributed by atoms with Gasteiger partial charge in [0.25, 0.3) is 6.01 Å². The lowest BCUT2D eigenvalue weighted by molar-refractivity contribution is 0.143. The normalized spacial score (nSPS) is 10.8. The van der Waals surface area contributed by atoms with Gasteiger partial charge < -0.3 is 19.2 Å². The van der Waals surface area contributed by atoms with Crippen molar-refractivity contribution in [2.75, 3.05) is 25.6 Å². The number of pyridine rings is 1. The molecule has 0 radical (unpaired) electrons. The Hall–Kier alpha value is -2.60. The maximum absolute atomic E-state index is 5.60. The van der Waals surface area contributed by atoms with E-state index in [2.05, 4.69) is 15.3 Å². The standard InChI is InChI=1S/C16H17N3O3/c1-20-8-9-21-15-7-6-12(10-17-15)11-18-16-19-13-4-2-3-5-14(13)22-16/h2-7,10H,8-9,11H2,1H3,(H,18,19). The molecular weight excluding hydrogens is 282 g/mol. The van der Waals surface area contributed by atoms with Gasteiger partial charge in [0.2, 0.25) is 5.88 Å². The summed E-state index contributed by atoms with van der Waals surface area (Å²) in [5.74, 6) is 0.586. The zero-order valence-electron chi connectivity index (χ0n) is 12.3. The minimum atomic E-state index is 0.490. The van der Waals surface area contributed by atoms with E-state index in [1.54, 1.807) is 13.3 Å². The van der Waals surface area contributed by atoms with Gasteiger partial charge in [-0.1, -0.05) is 18.2 Å². The highest BCUT2D eigenvalue weighted by atomic mass is 16.5. The Morgan fingerprint density at radius 3 is 2.82 bits per heavy atom. The van der Waals surface area contributed by atoms with Crippen LogP contribution in [0.1, 0.15) is 5.56 Å². The average Bonchev–Trinajstić information content (AvgIpc) is 2.97. The Balaban J connectivity index is 1.56. The predicted octanol–water partition coefficient (Wildman–Crippen LogP) is 2.86. The molecule has 22 heavy (non-hydrogen) atoms. The van der Waals surface area contributed by atoms with E-state index >= 15 is 0 Å². The number of ether oxygens (including phenoxy) is 2. The van der Waals surface area contributed by atoms with E-state index in [0.29, 0.717) is 31.7 Å². The predicted molar refractivity (Wildman–Crippen MR) is 82.9 cm³/mol. The quantitative estimate of drug-likeness (QED) is 0.677. The van der Waals surface area contributed by atoms with Crippen LogP contribution >= 0.6 is 0 Å².